The largest absolute Gasteiger partial charge is 0.431 e. The van der Waals surface area contributed by atoms with E-state index in [1.54, 1.807) is 6.07 Å². The number of aldehydes is 1. The highest BCUT2D eigenvalue weighted by atomic mass is 16.7. The van der Waals surface area contributed by atoms with Gasteiger partial charge in [0.2, 0.25) is 0 Å². The summed E-state index contributed by atoms with van der Waals surface area (Å²) in [6, 6.07) is 3.21. The van der Waals surface area contributed by atoms with Gasteiger partial charge in [-0.05, 0) is 80.8 Å². The number of aliphatic hydroxyl groups is 5. The van der Waals surface area contributed by atoms with E-state index in [0.29, 0.717) is 44.9 Å². The van der Waals surface area contributed by atoms with Gasteiger partial charge in [-0.3, -0.25) is 0 Å². The molecule has 0 spiro atoms. The molecule has 1 aromatic rings. The summed E-state index contributed by atoms with van der Waals surface area (Å²) in [6.45, 7) is 1.54. The third kappa shape index (κ3) is 3.61. The van der Waals surface area contributed by atoms with Gasteiger partial charge in [0, 0.05) is 11.5 Å². The van der Waals surface area contributed by atoms with Gasteiger partial charge in [-0.2, -0.15) is 0 Å². The Bertz CT molecular complexity index is 1230. The molecule has 1 aromatic heterocycles. The number of aliphatic hydroxyl groups excluding tert-OH is 4. The normalized spacial score (nSPS) is 53.9. The molecule has 2 aliphatic heterocycles. The lowest BCUT2D eigenvalue weighted by Crippen LogP contribution is -2.72. The zero-order valence-corrected chi connectivity index (χ0v) is 23.1. The molecule has 0 unspecified atom stereocenters. The van der Waals surface area contributed by atoms with E-state index in [1.165, 1.54) is 12.3 Å². The number of epoxide rings is 1. The quantitative estimate of drug-likeness (QED) is 0.186. The monoisotopic (exact) mass is 576 g/mol. The van der Waals surface area contributed by atoms with Crippen molar-refractivity contribution in [3.05, 3.63) is 34.4 Å². The number of ether oxygens (including phenoxy) is 3. The van der Waals surface area contributed by atoms with Crippen molar-refractivity contribution in [1.82, 2.24) is 0 Å². The minimum absolute atomic E-state index is 0.00420. The first kappa shape index (κ1) is 28.1. The lowest BCUT2D eigenvalue weighted by molar-refractivity contribution is -0.356. The molecule has 5 N–H and O–H groups in total. The molecule has 3 heterocycles. The first-order chi connectivity index (χ1) is 19.5. The molecular weight excluding hydrogens is 536 g/mol. The number of fused-ring (bicyclic) bond motifs is 7. The van der Waals surface area contributed by atoms with Crippen molar-refractivity contribution < 1.29 is 49.0 Å². The maximum atomic E-state index is 13.4. The number of carbonyl (C=O) groups is 1. The molecule has 6 aliphatic rings. The zero-order chi connectivity index (χ0) is 28.9. The molecule has 4 saturated carbocycles. The Kier molecular flexibility index (Phi) is 6.44. The standard InChI is InChI=1S/C30H40O11/c1-27-8-4-17-18(29(27,37)10-5-16(27)15-2-3-21(33)38-13-15)6-11-30(25-19(39-25)7-9-28(17,30)14-32)41-26-24(36)23(35)22(34)20(12-31)40-26/h2-3,13-14,16-20,22-26,31,34-37H,4-12H2,1H3/t16-,17-,18-,19-,20-,22-,23+,24-,25-,26+,27-,28-,29+,30-/m0/s1. The highest BCUT2D eigenvalue weighted by molar-refractivity contribution is 5.65. The molecule has 226 valence electrons. The van der Waals surface area contributed by atoms with Crippen LogP contribution >= 0.6 is 0 Å². The van der Waals surface area contributed by atoms with Crippen molar-refractivity contribution in [3.8, 4) is 0 Å². The number of carbonyl (C=O) groups excluding carboxylic acids is 1. The van der Waals surface area contributed by atoms with Crippen LogP contribution in [-0.4, -0.2) is 92.5 Å². The predicted molar refractivity (Wildman–Crippen MR) is 139 cm³/mol. The Balaban J connectivity index is 1.24. The van der Waals surface area contributed by atoms with Crippen LogP contribution in [0.15, 0.2) is 27.6 Å². The van der Waals surface area contributed by atoms with Gasteiger partial charge >= 0.3 is 5.63 Å². The minimum atomic E-state index is -1.60. The summed E-state index contributed by atoms with van der Waals surface area (Å²) < 4.78 is 23.6. The van der Waals surface area contributed by atoms with Crippen molar-refractivity contribution in [2.75, 3.05) is 6.61 Å². The molecule has 41 heavy (non-hydrogen) atoms. The molecule has 2 saturated heterocycles. The highest BCUT2D eigenvalue weighted by Gasteiger charge is 2.77. The second-order valence-electron chi connectivity index (χ2n) is 13.6. The van der Waals surface area contributed by atoms with E-state index in [1.807, 2.05) is 0 Å². The Hall–Kier alpha value is -1.70. The first-order valence-electron chi connectivity index (χ1n) is 15.0. The fourth-order valence-corrected chi connectivity index (χ4v) is 10.1. The maximum Gasteiger partial charge on any atom is 0.335 e. The molecule has 0 aromatic carbocycles. The Morgan fingerprint density at radius 3 is 2.46 bits per heavy atom. The number of hydrogen-bond donors (Lipinski definition) is 5. The van der Waals surface area contributed by atoms with Crippen LogP contribution in [0.1, 0.15) is 69.8 Å². The Labute approximate surface area is 237 Å². The van der Waals surface area contributed by atoms with Crippen molar-refractivity contribution in [2.24, 2.45) is 22.7 Å². The number of hydrogen-bond acceptors (Lipinski definition) is 11. The van der Waals surface area contributed by atoms with Crippen LogP contribution in [0.25, 0.3) is 0 Å². The summed E-state index contributed by atoms with van der Waals surface area (Å²) >= 11 is 0. The van der Waals surface area contributed by atoms with E-state index in [0.717, 1.165) is 18.3 Å². The van der Waals surface area contributed by atoms with Gasteiger partial charge in [-0.1, -0.05) is 6.92 Å². The lowest BCUT2D eigenvalue weighted by Gasteiger charge is -2.65. The van der Waals surface area contributed by atoms with E-state index in [9.17, 15) is 35.1 Å². The van der Waals surface area contributed by atoms with Gasteiger partial charge in [0.25, 0.3) is 0 Å². The van der Waals surface area contributed by atoms with Crippen LogP contribution in [0.5, 0.6) is 0 Å². The minimum Gasteiger partial charge on any atom is -0.431 e. The average Bonchev–Trinajstić information content (AvgIpc) is 3.72. The second-order valence-corrected chi connectivity index (χ2v) is 13.6. The second kappa shape index (κ2) is 9.40. The molecule has 4 aliphatic carbocycles. The molecular formula is C30H40O11. The van der Waals surface area contributed by atoms with Crippen molar-refractivity contribution >= 4 is 6.29 Å². The molecule has 0 amide bonds. The van der Waals surface area contributed by atoms with E-state index >= 15 is 0 Å². The van der Waals surface area contributed by atoms with E-state index < -0.39 is 71.1 Å². The van der Waals surface area contributed by atoms with Crippen LogP contribution in [0.3, 0.4) is 0 Å². The van der Waals surface area contributed by atoms with Crippen LogP contribution in [0.2, 0.25) is 0 Å². The molecule has 11 nitrogen and oxygen atoms in total. The smallest absolute Gasteiger partial charge is 0.335 e. The highest BCUT2D eigenvalue weighted by Crippen LogP contribution is 2.73. The van der Waals surface area contributed by atoms with Gasteiger partial charge in [-0.15, -0.1) is 0 Å². The first-order valence-corrected chi connectivity index (χ1v) is 15.0. The van der Waals surface area contributed by atoms with Crippen LogP contribution in [0.4, 0.5) is 0 Å². The van der Waals surface area contributed by atoms with Gasteiger partial charge in [0.15, 0.2) is 6.29 Å². The number of rotatable bonds is 5. The van der Waals surface area contributed by atoms with Crippen molar-refractivity contribution in [3.63, 3.8) is 0 Å². The van der Waals surface area contributed by atoms with Gasteiger partial charge in [0.05, 0.1) is 30.0 Å². The van der Waals surface area contributed by atoms with Crippen molar-refractivity contribution in [2.45, 2.75) is 118 Å². The average molecular weight is 577 g/mol. The van der Waals surface area contributed by atoms with Crippen LogP contribution in [-0.2, 0) is 19.0 Å². The molecule has 14 atom stereocenters. The maximum absolute atomic E-state index is 13.4. The molecule has 0 radical (unpaired) electrons. The summed E-state index contributed by atoms with van der Waals surface area (Å²) in [7, 11) is 0. The van der Waals surface area contributed by atoms with E-state index in [-0.39, 0.29) is 23.9 Å². The summed E-state index contributed by atoms with van der Waals surface area (Å²) in [6.07, 6.45) is -0.488. The zero-order valence-electron chi connectivity index (χ0n) is 23.1. The Morgan fingerprint density at radius 2 is 1.76 bits per heavy atom. The predicted octanol–water partition coefficient (Wildman–Crippen LogP) is 0.376. The summed E-state index contributed by atoms with van der Waals surface area (Å²) in [4.78, 5) is 25.0. The van der Waals surface area contributed by atoms with Crippen LogP contribution in [0, 0.1) is 22.7 Å². The van der Waals surface area contributed by atoms with Crippen molar-refractivity contribution in [1.29, 1.82) is 0 Å². The third-order valence-corrected chi connectivity index (χ3v) is 12.3. The Morgan fingerprint density at radius 1 is 0.976 bits per heavy atom. The van der Waals surface area contributed by atoms with E-state index in [4.69, 9.17) is 18.6 Å². The van der Waals surface area contributed by atoms with E-state index in [2.05, 4.69) is 6.92 Å². The fraction of sp³-hybridized carbons (Fsp3) is 0.800. The molecule has 11 heteroatoms. The lowest BCUT2D eigenvalue weighted by atomic mass is 9.41. The van der Waals surface area contributed by atoms with Crippen LogP contribution < -0.4 is 5.63 Å². The third-order valence-electron chi connectivity index (χ3n) is 12.3. The molecule has 0 bridgehead atoms. The van der Waals surface area contributed by atoms with Gasteiger partial charge in [0.1, 0.15) is 42.4 Å². The molecule has 6 fully saturated rings. The summed E-state index contributed by atoms with van der Waals surface area (Å²) in [5.74, 6) is -0.396. The topological polar surface area (TPSA) is 179 Å². The fourth-order valence-electron chi connectivity index (χ4n) is 10.1. The summed E-state index contributed by atoms with van der Waals surface area (Å²) in [5.41, 5.74) is -3.23. The SMILES string of the molecule is C[C@@]12CC[C@H]3[C@H](CC[C@]4(O[C@H]5O[C@@H](CO)[C@H](O)[C@@H](O)[C@@H]5O)[C@H]5O[C@H]5CC[C@]34C=O)[C@]1(O)CC[C@H]2c1ccc(=O)oc1. The summed E-state index contributed by atoms with van der Waals surface area (Å²) in [5, 5.41) is 53.9. The molecule has 7 rings (SSSR count). The van der Waals surface area contributed by atoms with Gasteiger partial charge in [-0.25, -0.2) is 4.79 Å². The van der Waals surface area contributed by atoms with Gasteiger partial charge < -0.3 is 49.0 Å².